The number of ether oxygens (including phenoxy) is 1. The Hall–Kier alpha value is -2.94. The van der Waals surface area contributed by atoms with Crippen LogP contribution in [0.2, 0.25) is 0 Å². The summed E-state index contributed by atoms with van der Waals surface area (Å²) in [4.78, 5) is 17.6. The summed E-state index contributed by atoms with van der Waals surface area (Å²) in [6, 6.07) is 11.9. The third-order valence-corrected chi connectivity index (χ3v) is 6.31. The fourth-order valence-corrected chi connectivity index (χ4v) is 4.43. The third kappa shape index (κ3) is 5.41. The molecule has 0 unspecified atom stereocenters. The minimum atomic E-state index is -0.288. The van der Waals surface area contributed by atoms with E-state index in [9.17, 15) is 4.79 Å². The maximum Gasteiger partial charge on any atom is 0.368 e. The van der Waals surface area contributed by atoms with Gasteiger partial charge in [-0.05, 0) is 86.8 Å². The summed E-state index contributed by atoms with van der Waals surface area (Å²) in [5.41, 5.74) is 4.49. The predicted molar refractivity (Wildman–Crippen MR) is 135 cm³/mol. The molecule has 0 radical (unpaired) electrons. The average Bonchev–Trinajstić information content (AvgIpc) is 3.57. The van der Waals surface area contributed by atoms with Crippen molar-refractivity contribution in [2.24, 2.45) is 17.6 Å². The van der Waals surface area contributed by atoms with E-state index in [-0.39, 0.29) is 11.1 Å². The lowest BCUT2D eigenvalue weighted by Crippen LogP contribution is -2.23. The van der Waals surface area contributed by atoms with Gasteiger partial charge in [-0.1, -0.05) is 38.1 Å². The van der Waals surface area contributed by atoms with Crippen molar-refractivity contribution in [3.63, 3.8) is 0 Å². The molecule has 180 valence electrons. The van der Waals surface area contributed by atoms with Crippen molar-refractivity contribution in [2.75, 3.05) is 7.11 Å². The fourth-order valence-electron chi connectivity index (χ4n) is 3.94. The van der Waals surface area contributed by atoms with Crippen LogP contribution >= 0.6 is 15.9 Å². The van der Waals surface area contributed by atoms with Crippen molar-refractivity contribution in [3.8, 4) is 11.4 Å². The lowest BCUT2D eigenvalue weighted by molar-refractivity contribution is 0.211. The fraction of sp³-hybridized carbons (Fsp3) is 0.440. The van der Waals surface area contributed by atoms with Gasteiger partial charge >= 0.3 is 5.69 Å². The molecule has 1 saturated carbocycles. The summed E-state index contributed by atoms with van der Waals surface area (Å²) in [6.45, 7) is 6.82. The number of nitrogens with zero attached hydrogens (tertiary/aromatic N) is 5. The molecule has 34 heavy (non-hydrogen) atoms. The van der Waals surface area contributed by atoms with Gasteiger partial charge in [0.05, 0.1) is 15.9 Å². The second-order valence-electron chi connectivity index (χ2n) is 9.81. The first-order valence-electron chi connectivity index (χ1n) is 11.3. The molecule has 2 aromatic carbocycles. The first-order chi connectivity index (χ1) is 16.2. The molecule has 0 spiro atoms. The summed E-state index contributed by atoms with van der Waals surface area (Å²) in [5.74, 6) is 1.20. The molecule has 4 rings (SSSR count). The molecule has 1 aliphatic rings. The van der Waals surface area contributed by atoms with Gasteiger partial charge < -0.3 is 9.57 Å². The summed E-state index contributed by atoms with van der Waals surface area (Å²) in [5, 5.41) is 12.2. The number of benzene rings is 2. The van der Waals surface area contributed by atoms with Crippen LogP contribution in [0.3, 0.4) is 0 Å². The number of aryl methyl sites for hydroxylation is 1. The first-order valence-corrected chi connectivity index (χ1v) is 12.1. The molecule has 0 amide bonds. The van der Waals surface area contributed by atoms with Crippen LogP contribution in [-0.4, -0.2) is 32.6 Å². The van der Waals surface area contributed by atoms with Gasteiger partial charge in [0.2, 0.25) is 0 Å². The zero-order chi connectivity index (χ0) is 24.5. The quantitative estimate of drug-likeness (QED) is 0.305. The molecule has 1 aromatic heterocycles. The minimum absolute atomic E-state index is 0.0698. The Bertz CT molecular complexity index is 1270. The van der Waals surface area contributed by atoms with Gasteiger partial charge in [-0.25, -0.2) is 4.79 Å². The van der Waals surface area contributed by atoms with Gasteiger partial charge in [0.15, 0.2) is 0 Å². The molecule has 0 aliphatic heterocycles. The number of tetrazole rings is 1. The number of oxime groups is 1. The van der Waals surface area contributed by atoms with Gasteiger partial charge in [0, 0.05) is 18.2 Å². The van der Waals surface area contributed by atoms with Crippen LogP contribution in [0.15, 0.2) is 50.8 Å². The van der Waals surface area contributed by atoms with Crippen LogP contribution in [0.1, 0.15) is 62.6 Å². The normalized spacial score (nSPS) is 14.4. The predicted octanol–water partition coefficient (Wildman–Crippen LogP) is 4.97. The van der Waals surface area contributed by atoms with E-state index >= 15 is 0 Å². The van der Waals surface area contributed by atoms with Crippen LogP contribution in [0.25, 0.3) is 5.69 Å². The lowest BCUT2D eigenvalue weighted by atomic mass is 9.87. The molecule has 9 heteroatoms. The SMILES string of the molecule is CON=C(CC(C)(C)C)c1ccc(OCc2c(C3CC3)cccc2-n2nnn(C)c2=O)c(Br)c1. The average molecular weight is 528 g/mol. The van der Waals surface area contributed by atoms with E-state index < -0.39 is 0 Å². The number of hydrogen-bond acceptors (Lipinski definition) is 6. The van der Waals surface area contributed by atoms with Gasteiger partial charge in [-0.15, -0.1) is 0 Å². The monoisotopic (exact) mass is 527 g/mol. The maximum absolute atomic E-state index is 12.5. The van der Waals surface area contributed by atoms with Gasteiger partial charge in [-0.3, -0.25) is 0 Å². The van der Waals surface area contributed by atoms with Crippen molar-refractivity contribution in [3.05, 3.63) is 68.0 Å². The second-order valence-corrected chi connectivity index (χ2v) is 10.7. The summed E-state index contributed by atoms with van der Waals surface area (Å²) in [7, 11) is 3.15. The molecule has 1 fully saturated rings. The molecule has 0 bridgehead atoms. The van der Waals surface area contributed by atoms with E-state index in [0.29, 0.717) is 24.0 Å². The molecular weight excluding hydrogens is 498 g/mol. The Labute approximate surface area is 207 Å². The van der Waals surface area contributed by atoms with E-state index in [1.807, 2.05) is 30.3 Å². The summed E-state index contributed by atoms with van der Waals surface area (Å²) >= 11 is 3.66. The van der Waals surface area contributed by atoms with Crippen LogP contribution in [0, 0.1) is 5.41 Å². The molecule has 3 aromatic rings. The Morgan fingerprint density at radius 3 is 2.56 bits per heavy atom. The number of aromatic nitrogens is 4. The molecule has 0 saturated heterocycles. The zero-order valence-corrected chi connectivity index (χ0v) is 21.8. The number of hydrogen-bond donors (Lipinski definition) is 0. The first kappa shape index (κ1) is 24.2. The van der Waals surface area contributed by atoms with E-state index in [2.05, 4.69) is 58.4 Å². The maximum atomic E-state index is 12.5. The molecule has 8 nitrogen and oxygen atoms in total. The number of halogens is 1. The molecular formula is C25H30BrN5O3. The highest BCUT2D eigenvalue weighted by Crippen LogP contribution is 2.43. The molecule has 1 heterocycles. The van der Waals surface area contributed by atoms with E-state index in [4.69, 9.17) is 9.57 Å². The topological polar surface area (TPSA) is 83.5 Å². The Morgan fingerprint density at radius 2 is 1.97 bits per heavy atom. The Kier molecular flexibility index (Phi) is 6.93. The third-order valence-electron chi connectivity index (χ3n) is 5.69. The Morgan fingerprint density at radius 1 is 1.21 bits per heavy atom. The van der Waals surface area contributed by atoms with E-state index in [1.165, 1.54) is 14.9 Å². The van der Waals surface area contributed by atoms with E-state index in [0.717, 1.165) is 40.6 Å². The standard InChI is InChI=1S/C25H30BrN5O3/c1-25(2,3)14-21(27-33-5)17-11-12-23(20(26)13-17)34-15-19-18(16-9-10-16)7-6-8-22(19)31-24(32)30(4)28-29-31/h6-8,11-13,16H,9-10,14-15H2,1-5H3. The second kappa shape index (κ2) is 9.74. The van der Waals surface area contributed by atoms with Crippen molar-refractivity contribution in [2.45, 2.75) is 52.6 Å². The van der Waals surface area contributed by atoms with Crippen LogP contribution in [-0.2, 0) is 18.5 Å². The van der Waals surface area contributed by atoms with Gasteiger partial charge in [-0.2, -0.15) is 9.36 Å². The molecule has 1 aliphatic carbocycles. The molecule has 0 atom stereocenters. The van der Waals surface area contributed by atoms with Crippen molar-refractivity contribution in [1.29, 1.82) is 0 Å². The molecule has 0 N–H and O–H groups in total. The highest BCUT2D eigenvalue weighted by atomic mass is 79.9. The van der Waals surface area contributed by atoms with E-state index in [1.54, 1.807) is 14.2 Å². The smallest absolute Gasteiger partial charge is 0.368 e. The highest BCUT2D eigenvalue weighted by molar-refractivity contribution is 9.10. The van der Waals surface area contributed by atoms with Crippen molar-refractivity contribution in [1.82, 2.24) is 19.8 Å². The highest BCUT2D eigenvalue weighted by Gasteiger charge is 2.28. The minimum Gasteiger partial charge on any atom is -0.488 e. The summed E-state index contributed by atoms with van der Waals surface area (Å²) in [6.07, 6.45) is 3.05. The largest absolute Gasteiger partial charge is 0.488 e. The van der Waals surface area contributed by atoms with Gasteiger partial charge in [0.25, 0.3) is 0 Å². The van der Waals surface area contributed by atoms with Crippen LogP contribution in [0.5, 0.6) is 5.75 Å². The summed E-state index contributed by atoms with van der Waals surface area (Å²) < 4.78 is 9.64. The zero-order valence-electron chi connectivity index (χ0n) is 20.2. The Balaban J connectivity index is 1.62. The van der Waals surface area contributed by atoms with Crippen LogP contribution < -0.4 is 10.4 Å². The van der Waals surface area contributed by atoms with Crippen molar-refractivity contribution >= 4 is 21.6 Å². The van der Waals surface area contributed by atoms with Crippen LogP contribution in [0.4, 0.5) is 0 Å². The van der Waals surface area contributed by atoms with Gasteiger partial charge in [0.1, 0.15) is 19.5 Å². The van der Waals surface area contributed by atoms with Crippen molar-refractivity contribution < 1.29 is 9.57 Å². The lowest BCUT2D eigenvalue weighted by Gasteiger charge is -2.20. The number of rotatable bonds is 8.